The molecule has 0 saturated carbocycles. The summed E-state index contributed by atoms with van der Waals surface area (Å²) in [6, 6.07) is 0. The van der Waals surface area contributed by atoms with Gasteiger partial charge in [-0.05, 0) is 6.92 Å². The topological polar surface area (TPSA) is 77.0 Å². The van der Waals surface area contributed by atoms with Crippen molar-refractivity contribution in [1.82, 2.24) is 19.9 Å². The van der Waals surface area contributed by atoms with Crippen molar-refractivity contribution in [2.45, 2.75) is 20.0 Å². The number of hydrogen-bond donors (Lipinski definition) is 1. The Morgan fingerprint density at radius 2 is 2.21 bits per heavy atom. The van der Waals surface area contributed by atoms with Gasteiger partial charge in [0, 0.05) is 20.6 Å². The summed E-state index contributed by atoms with van der Waals surface area (Å²) in [4.78, 5) is 12.9. The Labute approximate surface area is 82.7 Å². The van der Waals surface area contributed by atoms with E-state index in [9.17, 15) is 4.79 Å². The number of nitrogens with zero attached hydrogens (tertiary/aromatic N) is 4. The lowest BCUT2D eigenvalue weighted by atomic mass is 10.3. The van der Waals surface area contributed by atoms with E-state index < -0.39 is 0 Å². The van der Waals surface area contributed by atoms with Crippen LogP contribution < -0.4 is 5.73 Å². The monoisotopic (exact) mass is 197 g/mol. The van der Waals surface area contributed by atoms with Gasteiger partial charge in [0.2, 0.25) is 5.91 Å². The predicted molar refractivity (Wildman–Crippen MR) is 51.3 cm³/mol. The van der Waals surface area contributed by atoms with Gasteiger partial charge in [-0.25, -0.2) is 4.68 Å². The molecule has 0 saturated heterocycles. The number of carbonyl (C=O) groups is 1. The first-order chi connectivity index (χ1) is 6.56. The summed E-state index contributed by atoms with van der Waals surface area (Å²) in [7, 11) is 3.41. The van der Waals surface area contributed by atoms with Gasteiger partial charge in [0.1, 0.15) is 6.54 Å². The first-order valence-corrected chi connectivity index (χ1v) is 4.35. The summed E-state index contributed by atoms with van der Waals surface area (Å²) in [6.45, 7) is 2.42. The zero-order chi connectivity index (χ0) is 10.7. The van der Waals surface area contributed by atoms with E-state index in [2.05, 4.69) is 10.3 Å². The van der Waals surface area contributed by atoms with Crippen LogP contribution in [0.25, 0.3) is 0 Å². The van der Waals surface area contributed by atoms with Crippen LogP contribution in [0, 0.1) is 6.92 Å². The van der Waals surface area contributed by atoms with Crippen molar-refractivity contribution in [2.24, 2.45) is 5.73 Å². The Bertz CT molecular complexity index is 330. The lowest BCUT2D eigenvalue weighted by molar-refractivity contribution is -0.129. The third-order valence-electron chi connectivity index (χ3n) is 2.06. The lowest BCUT2D eigenvalue weighted by Gasteiger charge is -2.10. The minimum atomic E-state index is -0.0124. The average Bonchev–Trinajstić information content (AvgIpc) is 2.47. The van der Waals surface area contributed by atoms with Crippen LogP contribution in [0.2, 0.25) is 0 Å². The third-order valence-corrected chi connectivity index (χ3v) is 2.06. The normalized spacial score (nSPS) is 10.3. The molecule has 0 aliphatic heterocycles. The quantitative estimate of drug-likeness (QED) is 0.683. The van der Waals surface area contributed by atoms with E-state index >= 15 is 0 Å². The Morgan fingerprint density at radius 1 is 1.57 bits per heavy atom. The second kappa shape index (κ2) is 4.19. The van der Waals surface area contributed by atoms with Crippen LogP contribution in [0.1, 0.15) is 11.4 Å². The van der Waals surface area contributed by atoms with Crippen molar-refractivity contribution < 1.29 is 4.79 Å². The number of hydrogen-bond acceptors (Lipinski definition) is 4. The largest absolute Gasteiger partial charge is 0.347 e. The first kappa shape index (κ1) is 10.6. The molecule has 0 fully saturated rings. The van der Waals surface area contributed by atoms with Crippen molar-refractivity contribution in [3.63, 3.8) is 0 Å². The molecule has 0 unspecified atom stereocenters. The van der Waals surface area contributed by atoms with Crippen molar-refractivity contribution in [3.05, 3.63) is 11.4 Å². The minimum Gasteiger partial charge on any atom is -0.347 e. The van der Waals surface area contributed by atoms with Gasteiger partial charge >= 0.3 is 0 Å². The van der Waals surface area contributed by atoms with E-state index in [1.54, 1.807) is 18.8 Å². The molecule has 0 aliphatic carbocycles. The minimum absolute atomic E-state index is 0.0124. The summed E-state index contributed by atoms with van der Waals surface area (Å²) in [5.41, 5.74) is 7.03. The smallest absolute Gasteiger partial charge is 0.243 e. The highest BCUT2D eigenvalue weighted by atomic mass is 16.2. The number of rotatable bonds is 3. The van der Waals surface area contributed by atoms with E-state index in [0.717, 1.165) is 11.4 Å². The highest BCUT2D eigenvalue weighted by Gasteiger charge is 2.11. The zero-order valence-electron chi connectivity index (χ0n) is 8.69. The van der Waals surface area contributed by atoms with Crippen LogP contribution in [0.3, 0.4) is 0 Å². The number of amides is 1. The maximum Gasteiger partial charge on any atom is 0.243 e. The Morgan fingerprint density at radius 3 is 2.64 bits per heavy atom. The molecule has 6 nitrogen and oxygen atoms in total. The predicted octanol–water partition coefficient (Wildman–Crippen LogP) is -0.867. The van der Waals surface area contributed by atoms with Crippen LogP contribution in [-0.2, 0) is 17.9 Å². The standard InChI is InChI=1S/C8H15N5O/c1-6-7(4-9)10-11-13(6)5-8(14)12(2)3/h4-5,9H2,1-3H3. The molecule has 1 rings (SSSR count). The van der Waals surface area contributed by atoms with Crippen LogP contribution >= 0.6 is 0 Å². The van der Waals surface area contributed by atoms with Crippen molar-refractivity contribution in [2.75, 3.05) is 14.1 Å². The third kappa shape index (κ3) is 2.08. The molecule has 0 aliphatic rings. The summed E-state index contributed by atoms with van der Waals surface area (Å²) in [5.74, 6) is -0.0124. The molecule has 2 N–H and O–H groups in total. The maximum atomic E-state index is 11.4. The van der Waals surface area contributed by atoms with E-state index in [-0.39, 0.29) is 12.5 Å². The molecule has 14 heavy (non-hydrogen) atoms. The fourth-order valence-corrected chi connectivity index (χ4v) is 1.00. The van der Waals surface area contributed by atoms with E-state index in [4.69, 9.17) is 5.73 Å². The fraction of sp³-hybridized carbons (Fsp3) is 0.625. The van der Waals surface area contributed by atoms with Gasteiger partial charge in [0.15, 0.2) is 0 Å². The highest BCUT2D eigenvalue weighted by molar-refractivity contribution is 5.75. The van der Waals surface area contributed by atoms with Gasteiger partial charge in [0.25, 0.3) is 0 Å². The molecule has 1 amide bonds. The molecule has 1 aromatic heterocycles. The molecule has 0 radical (unpaired) electrons. The zero-order valence-corrected chi connectivity index (χ0v) is 8.69. The number of carbonyl (C=O) groups excluding carboxylic acids is 1. The van der Waals surface area contributed by atoms with Crippen molar-refractivity contribution in [1.29, 1.82) is 0 Å². The molecule has 1 heterocycles. The Balaban J connectivity index is 2.77. The Hall–Kier alpha value is -1.43. The number of nitrogens with two attached hydrogens (primary N) is 1. The number of likely N-dealkylation sites (N-methyl/N-ethyl adjacent to an activating group) is 1. The molecular formula is C8H15N5O. The molecular weight excluding hydrogens is 182 g/mol. The van der Waals surface area contributed by atoms with Gasteiger partial charge in [-0.15, -0.1) is 5.10 Å². The first-order valence-electron chi connectivity index (χ1n) is 4.35. The van der Waals surface area contributed by atoms with Crippen molar-refractivity contribution in [3.8, 4) is 0 Å². The molecule has 0 spiro atoms. The van der Waals surface area contributed by atoms with E-state index in [1.165, 1.54) is 4.90 Å². The second-order valence-corrected chi connectivity index (χ2v) is 3.27. The molecule has 78 valence electrons. The summed E-state index contributed by atoms with van der Waals surface area (Å²) < 4.78 is 1.56. The van der Waals surface area contributed by atoms with Gasteiger partial charge in [-0.1, -0.05) is 5.21 Å². The molecule has 0 aromatic carbocycles. The highest BCUT2D eigenvalue weighted by Crippen LogP contribution is 2.02. The summed E-state index contributed by atoms with van der Waals surface area (Å²) in [6.07, 6.45) is 0. The van der Waals surface area contributed by atoms with Crippen LogP contribution in [0.4, 0.5) is 0 Å². The number of aromatic nitrogens is 3. The van der Waals surface area contributed by atoms with Crippen LogP contribution in [-0.4, -0.2) is 39.9 Å². The maximum absolute atomic E-state index is 11.4. The van der Waals surface area contributed by atoms with E-state index in [1.807, 2.05) is 6.92 Å². The summed E-state index contributed by atoms with van der Waals surface area (Å²) >= 11 is 0. The van der Waals surface area contributed by atoms with Crippen LogP contribution in [0.15, 0.2) is 0 Å². The van der Waals surface area contributed by atoms with Crippen LogP contribution in [0.5, 0.6) is 0 Å². The van der Waals surface area contributed by atoms with Crippen molar-refractivity contribution >= 4 is 5.91 Å². The fourth-order valence-electron chi connectivity index (χ4n) is 1.00. The Kier molecular flexibility index (Phi) is 3.19. The molecule has 0 atom stereocenters. The van der Waals surface area contributed by atoms with E-state index in [0.29, 0.717) is 6.54 Å². The summed E-state index contributed by atoms with van der Waals surface area (Å²) in [5, 5.41) is 7.71. The molecule has 6 heteroatoms. The molecule has 0 bridgehead atoms. The van der Waals surface area contributed by atoms with Gasteiger partial charge in [-0.3, -0.25) is 4.79 Å². The van der Waals surface area contributed by atoms with Gasteiger partial charge in [-0.2, -0.15) is 0 Å². The second-order valence-electron chi connectivity index (χ2n) is 3.27. The lowest BCUT2D eigenvalue weighted by Crippen LogP contribution is -2.27. The molecule has 1 aromatic rings. The average molecular weight is 197 g/mol. The van der Waals surface area contributed by atoms with Gasteiger partial charge in [0.05, 0.1) is 11.4 Å². The SMILES string of the molecule is Cc1c(CN)nnn1CC(=O)N(C)C. The van der Waals surface area contributed by atoms with Gasteiger partial charge < -0.3 is 10.6 Å².